The first-order valence-electron chi connectivity index (χ1n) is 8.95. The summed E-state index contributed by atoms with van der Waals surface area (Å²) in [5.41, 5.74) is 3.50. The minimum Gasteiger partial charge on any atom is -0.369 e. The summed E-state index contributed by atoms with van der Waals surface area (Å²) in [5, 5.41) is 9.86. The van der Waals surface area contributed by atoms with E-state index in [1.165, 1.54) is 0 Å². The van der Waals surface area contributed by atoms with Crippen LogP contribution in [0.5, 0.6) is 0 Å². The molecule has 2 aromatic rings. The lowest BCUT2D eigenvalue weighted by molar-refractivity contribution is 0.312. The van der Waals surface area contributed by atoms with Crippen molar-refractivity contribution < 1.29 is 4.39 Å². The monoisotopic (exact) mass is 371 g/mol. The van der Waals surface area contributed by atoms with E-state index in [0.717, 1.165) is 43.0 Å². The number of anilines is 1. The molecule has 0 aromatic heterocycles. The standard InChI is InChI=1S/C21H23ClFN3/c1-3-20(23)19-13-16(26-10-8-25(2)9-11-26)12-18(21(19)22)17-7-5-4-6-15(17)14-24/h4-7,12-13,20H,3,8-11H2,1-2H3. The van der Waals surface area contributed by atoms with Gasteiger partial charge in [-0.3, -0.25) is 0 Å². The third-order valence-electron chi connectivity index (χ3n) is 4.99. The topological polar surface area (TPSA) is 30.3 Å². The van der Waals surface area contributed by atoms with Crippen molar-refractivity contribution in [3.05, 3.63) is 52.5 Å². The quantitative estimate of drug-likeness (QED) is 0.753. The molecule has 0 saturated carbocycles. The molecule has 0 amide bonds. The lowest BCUT2D eigenvalue weighted by Gasteiger charge is -2.35. The molecule has 1 heterocycles. The lowest BCUT2D eigenvalue weighted by atomic mass is 9.95. The van der Waals surface area contributed by atoms with Gasteiger partial charge in [0.2, 0.25) is 0 Å². The van der Waals surface area contributed by atoms with Crippen LogP contribution in [-0.4, -0.2) is 38.1 Å². The molecular formula is C21H23ClFN3. The van der Waals surface area contributed by atoms with E-state index < -0.39 is 6.17 Å². The molecule has 3 nitrogen and oxygen atoms in total. The number of alkyl halides is 1. The minimum atomic E-state index is -1.12. The average Bonchev–Trinajstić information content (AvgIpc) is 2.68. The Kier molecular flexibility index (Phi) is 5.80. The maximum absolute atomic E-state index is 14.6. The van der Waals surface area contributed by atoms with Crippen LogP contribution in [0.25, 0.3) is 11.1 Å². The van der Waals surface area contributed by atoms with E-state index in [1.54, 1.807) is 6.07 Å². The number of nitriles is 1. The van der Waals surface area contributed by atoms with Gasteiger partial charge in [0.05, 0.1) is 16.7 Å². The highest BCUT2D eigenvalue weighted by Crippen LogP contribution is 2.40. The van der Waals surface area contributed by atoms with Gasteiger partial charge in [-0.15, -0.1) is 0 Å². The van der Waals surface area contributed by atoms with Crippen molar-refractivity contribution in [3.8, 4) is 17.2 Å². The SMILES string of the molecule is CCC(F)c1cc(N2CCN(C)CC2)cc(-c2ccccc2C#N)c1Cl. The first-order valence-corrected chi connectivity index (χ1v) is 9.33. The van der Waals surface area contributed by atoms with Gasteiger partial charge >= 0.3 is 0 Å². The second kappa shape index (κ2) is 8.07. The lowest BCUT2D eigenvalue weighted by Crippen LogP contribution is -2.44. The normalized spacial score (nSPS) is 16.3. The van der Waals surface area contributed by atoms with E-state index in [-0.39, 0.29) is 0 Å². The molecule has 26 heavy (non-hydrogen) atoms. The van der Waals surface area contributed by atoms with Gasteiger partial charge in [-0.25, -0.2) is 4.39 Å². The zero-order chi connectivity index (χ0) is 18.7. The van der Waals surface area contributed by atoms with Crippen LogP contribution in [0.15, 0.2) is 36.4 Å². The number of benzene rings is 2. The summed E-state index contributed by atoms with van der Waals surface area (Å²) in [7, 11) is 2.11. The van der Waals surface area contributed by atoms with Gasteiger partial charge in [0.1, 0.15) is 6.17 Å². The highest BCUT2D eigenvalue weighted by atomic mass is 35.5. The van der Waals surface area contributed by atoms with Crippen molar-refractivity contribution in [1.82, 2.24) is 4.90 Å². The Labute approximate surface area is 159 Å². The zero-order valence-electron chi connectivity index (χ0n) is 15.2. The van der Waals surface area contributed by atoms with Crippen LogP contribution < -0.4 is 4.90 Å². The maximum atomic E-state index is 14.6. The molecule has 1 atom stereocenters. The van der Waals surface area contributed by atoms with Crippen LogP contribution in [0, 0.1) is 11.3 Å². The summed E-state index contributed by atoms with van der Waals surface area (Å²) in [6.07, 6.45) is -0.756. The molecule has 1 aliphatic heterocycles. The van der Waals surface area contributed by atoms with E-state index in [1.807, 2.05) is 37.3 Å². The second-order valence-electron chi connectivity index (χ2n) is 6.72. The van der Waals surface area contributed by atoms with Crippen LogP contribution in [0.4, 0.5) is 10.1 Å². The predicted octanol–water partition coefficient (Wildman–Crippen LogP) is 5.05. The average molecular weight is 372 g/mol. The predicted molar refractivity (Wildman–Crippen MR) is 105 cm³/mol. The molecule has 1 saturated heterocycles. The smallest absolute Gasteiger partial charge is 0.126 e. The van der Waals surface area contributed by atoms with Gasteiger partial charge in [0.25, 0.3) is 0 Å². The Bertz CT molecular complexity index is 822. The van der Waals surface area contributed by atoms with Gasteiger partial charge in [-0.05, 0) is 31.7 Å². The van der Waals surface area contributed by atoms with E-state index in [0.29, 0.717) is 22.6 Å². The second-order valence-corrected chi connectivity index (χ2v) is 7.10. The number of hydrogen-bond acceptors (Lipinski definition) is 3. The van der Waals surface area contributed by atoms with Crippen molar-refractivity contribution in [1.29, 1.82) is 5.26 Å². The molecule has 0 spiro atoms. The molecule has 5 heteroatoms. The molecule has 0 bridgehead atoms. The number of rotatable bonds is 4. The number of piperazine rings is 1. The van der Waals surface area contributed by atoms with Gasteiger partial charge in [0.15, 0.2) is 0 Å². The first-order chi connectivity index (χ1) is 12.5. The molecule has 1 fully saturated rings. The Balaban J connectivity index is 2.14. The number of hydrogen-bond donors (Lipinski definition) is 0. The number of likely N-dealkylation sites (N-methyl/N-ethyl adjacent to an activating group) is 1. The largest absolute Gasteiger partial charge is 0.369 e. The molecular weight excluding hydrogens is 349 g/mol. The molecule has 1 aliphatic rings. The van der Waals surface area contributed by atoms with Crippen LogP contribution in [0.2, 0.25) is 5.02 Å². The first kappa shape index (κ1) is 18.7. The van der Waals surface area contributed by atoms with Crippen molar-refractivity contribution in [2.75, 3.05) is 38.1 Å². The van der Waals surface area contributed by atoms with Gasteiger partial charge in [0, 0.05) is 48.6 Å². The minimum absolute atomic E-state index is 0.366. The fourth-order valence-electron chi connectivity index (χ4n) is 3.34. The zero-order valence-corrected chi connectivity index (χ0v) is 15.9. The molecule has 3 rings (SSSR count). The highest BCUT2D eigenvalue weighted by molar-refractivity contribution is 6.34. The Morgan fingerprint density at radius 3 is 2.50 bits per heavy atom. The Hall–Kier alpha value is -2.09. The third-order valence-corrected chi connectivity index (χ3v) is 5.41. The number of nitrogens with zero attached hydrogens (tertiary/aromatic N) is 3. The van der Waals surface area contributed by atoms with Gasteiger partial charge in [-0.1, -0.05) is 36.7 Å². The van der Waals surface area contributed by atoms with E-state index in [2.05, 4.69) is 22.9 Å². The number of halogens is 2. The maximum Gasteiger partial charge on any atom is 0.126 e. The Morgan fingerprint density at radius 2 is 1.85 bits per heavy atom. The Morgan fingerprint density at radius 1 is 1.15 bits per heavy atom. The van der Waals surface area contributed by atoms with Crippen LogP contribution >= 0.6 is 11.6 Å². The van der Waals surface area contributed by atoms with Crippen molar-refractivity contribution in [3.63, 3.8) is 0 Å². The molecule has 2 aromatic carbocycles. The van der Waals surface area contributed by atoms with Crippen molar-refractivity contribution in [2.24, 2.45) is 0 Å². The summed E-state index contributed by atoms with van der Waals surface area (Å²) < 4.78 is 14.6. The highest BCUT2D eigenvalue weighted by Gasteiger charge is 2.22. The van der Waals surface area contributed by atoms with Gasteiger partial charge in [-0.2, -0.15) is 5.26 Å². The summed E-state index contributed by atoms with van der Waals surface area (Å²) in [5.74, 6) is 0. The molecule has 0 aliphatic carbocycles. The summed E-state index contributed by atoms with van der Waals surface area (Å²) in [6.45, 7) is 5.52. The summed E-state index contributed by atoms with van der Waals surface area (Å²) in [6, 6.07) is 13.4. The molecule has 136 valence electrons. The summed E-state index contributed by atoms with van der Waals surface area (Å²) >= 11 is 6.60. The van der Waals surface area contributed by atoms with E-state index >= 15 is 0 Å². The fourth-order valence-corrected chi connectivity index (χ4v) is 3.67. The van der Waals surface area contributed by atoms with Crippen molar-refractivity contribution in [2.45, 2.75) is 19.5 Å². The third kappa shape index (κ3) is 3.70. The summed E-state index contributed by atoms with van der Waals surface area (Å²) in [4.78, 5) is 4.55. The van der Waals surface area contributed by atoms with Crippen LogP contribution in [-0.2, 0) is 0 Å². The van der Waals surface area contributed by atoms with Crippen molar-refractivity contribution >= 4 is 17.3 Å². The van der Waals surface area contributed by atoms with E-state index in [9.17, 15) is 9.65 Å². The van der Waals surface area contributed by atoms with E-state index in [4.69, 9.17) is 11.6 Å². The molecule has 0 radical (unpaired) electrons. The van der Waals surface area contributed by atoms with Gasteiger partial charge < -0.3 is 9.80 Å². The fraction of sp³-hybridized carbons (Fsp3) is 0.381. The molecule has 1 unspecified atom stereocenters. The van der Waals surface area contributed by atoms with Crippen LogP contribution in [0.3, 0.4) is 0 Å². The van der Waals surface area contributed by atoms with Crippen LogP contribution in [0.1, 0.15) is 30.6 Å². The molecule has 0 N–H and O–H groups in total.